The fourth-order valence-electron chi connectivity index (χ4n) is 2.71. The molecule has 92 valence electrons. The van der Waals surface area contributed by atoms with Crippen LogP contribution in [0.4, 0.5) is 0 Å². The summed E-state index contributed by atoms with van der Waals surface area (Å²) in [4.78, 5) is 10.7. The van der Waals surface area contributed by atoms with Gasteiger partial charge in [-0.1, -0.05) is 28.1 Å². The minimum atomic E-state index is -0.657. The maximum absolute atomic E-state index is 10.7. The molecular formula is C14H17BrO2. The molecule has 0 radical (unpaired) electrons. The van der Waals surface area contributed by atoms with E-state index in [0.717, 1.165) is 30.2 Å². The fraction of sp³-hybridized carbons (Fsp3) is 0.500. The van der Waals surface area contributed by atoms with Gasteiger partial charge in [-0.25, -0.2) is 0 Å². The molecule has 1 aliphatic carbocycles. The van der Waals surface area contributed by atoms with E-state index in [1.165, 1.54) is 5.56 Å². The predicted molar refractivity (Wildman–Crippen MR) is 71.1 cm³/mol. The average Bonchev–Trinajstić information content (AvgIpc) is 2.29. The summed E-state index contributed by atoms with van der Waals surface area (Å²) in [5.41, 5.74) is 1.38. The van der Waals surface area contributed by atoms with E-state index in [1.54, 1.807) is 0 Å². The number of carbonyl (C=O) groups is 1. The summed E-state index contributed by atoms with van der Waals surface area (Å²) in [5, 5.41) is 8.78. The van der Waals surface area contributed by atoms with Crippen LogP contribution >= 0.6 is 15.9 Å². The number of aliphatic carboxylic acids is 1. The molecule has 1 aromatic carbocycles. The van der Waals surface area contributed by atoms with Crippen molar-refractivity contribution >= 4 is 21.9 Å². The van der Waals surface area contributed by atoms with Crippen molar-refractivity contribution in [1.29, 1.82) is 0 Å². The van der Waals surface area contributed by atoms with Crippen molar-refractivity contribution in [1.82, 2.24) is 0 Å². The molecule has 0 saturated heterocycles. The fourth-order valence-corrected chi connectivity index (χ4v) is 3.12. The van der Waals surface area contributed by atoms with Gasteiger partial charge in [0.15, 0.2) is 0 Å². The van der Waals surface area contributed by atoms with E-state index in [2.05, 4.69) is 34.1 Å². The Morgan fingerprint density at radius 1 is 1.29 bits per heavy atom. The lowest BCUT2D eigenvalue weighted by Crippen LogP contribution is -2.16. The molecule has 0 aliphatic heterocycles. The third-order valence-corrected chi connectivity index (χ3v) is 4.12. The molecule has 1 saturated carbocycles. The lowest BCUT2D eigenvalue weighted by atomic mass is 9.77. The van der Waals surface area contributed by atoms with Crippen LogP contribution in [0.1, 0.15) is 43.6 Å². The molecule has 1 N–H and O–H groups in total. The van der Waals surface area contributed by atoms with Gasteiger partial charge < -0.3 is 5.11 Å². The summed E-state index contributed by atoms with van der Waals surface area (Å²) in [6, 6.07) is 8.47. The quantitative estimate of drug-likeness (QED) is 0.908. The topological polar surface area (TPSA) is 37.3 Å². The number of hydrogen-bond acceptors (Lipinski definition) is 1. The van der Waals surface area contributed by atoms with Crippen molar-refractivity contribution in [3.8, 4) is 0 Å². The Morgan fingerprint density at radius 3 is 2.59 bits per heavy atom. The largest absolute Gasteiger partial charge is 0.481 e. The molecule has 0 atom stereocenters. The Morgan fingerprint density at radius 2 is 2.00 bits per heavy atom. The van der Waals surface area contributed by atoms with E-state index in [0.29, 0.717) is 18.3 Å². The van der Waals surface area contributed by atoms with Crippen LogP contribution in [0.15, 0.2) is 28.7 Å². The van der Waals surface area contributed by atoms with E-state index >= 15 is 0 Å². The third-order valence-electron chi connectivity index (χ3n) is 3.63. The summed E-state index contributed by atoms with van der Waals surface area (Å²) in [6.07, 6.45) is 4.67. The Hall–Kier alpha value is -0.830. The lowest BCUT2D eigenvalue weighted by Gasteiger charge is -2.28. The Labute approximate surface area is 110 Å². The smallest absolute Gasteiger partial charge is 0.303 e. The Kier molecular flexibility index (Phi) is 4.21. The molecule has 2 nitrogen and oxygen atoms in total. The maximum Gasteiger partial charge on any atom is 0.303 e. The maximum atomic E-state index is 10.7. The third kappa shape index (κ3) is 3.56. The number of halogens is 1. The van der Waals surface area contributed by atoms with Crippen LogP contribution in [0.3, 0.4) is 0 Å². The highest BCUT2D eigenvalue weighted by Crippen LogP contribution is 2.37. The molecule has 17 heavy (non-hydrogen) atoms. The highest BCUT2D eigenvalue weighted by Gasteiger charge is 2.23. The molecular weight excluding hydrogens is 280 g/mol. The van der Waals surface area contributed by atoms with Gasteiger partial charge in [-0.3, -0.25) is 4.79 Å². The first-order valence-electron chi connectivity index (χ1n) is 6.12. The number of carboxylic acids is 1. The first-order valence-corrected chi connectivity index (χ1v) is 6.91. The Bertz CT molecular complexity index is 395. The van der Waals surface area contributed by atoms with E-state index in [-0.39, 0.29) is 0 Å². The summed E-state index contributed by atoms with van der Waals surface area (Å²) < 4.78 is 1.13. The van der Waals surface area contributed by atoms with E-state index in [4.69, 9.17) is 5.11 Å². The van der Waals surface area contributed by atoms with Gasteiger partial charge in [0.25, 0.3) is 0 Å². The molecule has 0 aromatic heterocycles. The molecule has 2 rings (SSSR count). The SMILES string of the molecule is O=C(O)CC1CCC(c2cccc(Br)c2)CC1. The summed E-state index contributed by atoms with van der Waals surface area (Å²) in [6.45, 7) is 0. The van der Waals surface area contributed by atoms with Gasteiger partial charge in [0.1, 0.15) is 0 Å². The van der Waals surface area contributed by atoms with Crippen LogP contribution in [0.25, 0.3) is 0 Å². The van der Waals surface area contributed by atoms with E-state index in [1.807, 2.05) is 6.07 Å². The monoisotopic (exact) mass is 296 g/mol. The van der Waals surface area contributed by atoms with Crippen LogP contribution in [-0.4, -0.2) is 11.1 Å². The van der Waals surface area contributed by atoms with Crippen molar-refractivity contribution in [2.24, 2.45) is 5.92 Å². The number of carboxylic acid groups (broad SMARTS) is 1. The highest BCUT2D eigenvalue weighted by atomic mass is 79.9. The number of hydrogen-bond donors (Lipinski definition) is 1. The van der Waals surface area contributed by atoms with Gasteiger partial charge >= 0.3 is 5.97 Å². The molecule has 3 heteroatoms. The number of rotatable bonds is 3. The summed E-state index contributed by atoms with van der Waals surface area (Å²) in [7, 11) is 0. The zero-order chi connectivity index (χ0) is 12.3. The van der Waals surface area contributed by atoms with E-state index < -0.39 is 5.97 Å². The first kappa shape index (κ1) is 12.6. The standard InChI is InChI=1S/C14H17BrO2/c15-13-3-1-2-12(9-13)11-6-4-10(5-7-11)8-14(16)17/h1-3,9-11H,4-8H2,(H,16,17). The van der Waals surface area contributed by atoms with Gasteiger partial charge in [-0.2, -0.15) is 0 Å². The molecule has 0 spiro atoms. The summed E-state index contributed by atoms with van der Waals surface area (Å²) >= 11 is 3.50. The zero-order valence-corrected chi connectivity index (χ0v) is 11.3. The minimum absolute atomic E-state index is 0.338. The molecule has 1 aliphatic rings. The van der Waals surface area contributed by atoms with Gasteiger partial charge in [0, 0.05) is 10.9 Å². The van der Waals surface area contributed by atoms with Gasteiger partial charge in [0.05, 0.1) is 0 Å². The molecule has 0 heterocycles. The van der Waals surface area contributed by atoms with Crippen molar-refractivity contribution in [3.05, 3.63) is 34.3 Å². The molecule has 1 aromatic rings. The molecule has 1 fully saturated rings. The van der Waals surface area contributed by atoms with Gasteiger partial charge in [-0.05, 0) is 55.2 Å². The molecule has 0 bridgehead atoms. The molecule has 0 amide bonds. The lowest BCUT2D eigenvalue weighted by molar-refractivity contribution is -0.138. The number of benzene rings is 1. The van der Waals surface area contributed by atoms with Crippen LogP contribution in [0.5, 0.6) is 0 Å². The molecule has 0 unspecified atom stereocenters. The van der Waals surface area contributed by atoms with Gasteiger partial charge in [0.2, 0.25) is 0 Å². The predicted octanol–water partition coefficient (Wildman–Crippen LogP) is 4.20. The second-order valence-corrected chi connectivity index (χ2v) is 5.79. The first-order chi connectivity index (χ1) is 8.15. The highest BCUT2D eigenvalue weighted by molar-refractivity contribution is 9.10. The van der Waals surface area contributed by atoms with Crippen LogP contribution < -0.4 is 0 Å². The van der Waals surface area contributed by atoms with Crippen LogP contribution in [-0.2, 0) is 4.79 Å². The average molecular weight is 297 g/mol. The van der Waals surface area contributed by atoms with Crippen LogP contribution in [0, 0.1) is 5.92 Å². The van der Waals surface area contributed by atoms with Crippen LogP contribution in [0.2, 0.25) is 0 Å². The summed E-state index contributed by atoms with van der Waals surface area (Å²) in [5.74, 6) is 0.337. The van der Waals surface area contributed by atoms with Crippen molar-refractivity contribution < 1.29 is 9.90 Å². The second kappa shape index (κ2) is 5.67. The van der Waals surface area contributed by atoms with Crippen molar-refractivity contribution in [3.63, 3.8) is 0 Å². The minimum Gasteiger partial charge on any atom is -0.481 e. The Balaban J connectivity index is 1.93. The van der Waals surface area contributed by atoms with Crippen molar-refractivity contribution in [2.75, 3.05) is 0 Å². The van der Waals surface area contributed by atoms with Crippen molar-refractivity contribution in [2.45, 2.75) is 38.0 Å². The van der Waals surface area contributed by atoms with E-state index in [9.17, 15) is 4.79 Å². The normalized spacial score (nSPS) is 24.5. The van der Waals surface area contributed by atoms with Gasteiger partial charge in [-0.15, -0.1) is 0 Å². The zero-order valence-electron chi connectivity index (χ0n) is 9.73. The second-order valence-electron chi connectivity index (χ2n) is 4.87.